The second-order valence-corrected chi connectivity index (χ2v) is 5.12. The van der Waals surface area contributed by atoms with Gasteiger partial charge < -0.3 is 15.5 Å². The summed E-state index contributed by atoms with van der Waals surface area (Å²) in [4.78, 5) is 18.2. The molecule has 2 aromatic rings. The van der Waals surface area contributed by atoms with Crippen LogP contribution >= 0.6 is 11.6 Å². The van der Waals surface area contributed by atoms with Gasteiger partial charge in [-0.3, -0.25) is 0 Å². The van der Waals surface area contributed by atoms with Gasteiger partial charge >= 0.3 is 11.9 Å². The average molecular weight is 336 g/mol. The third-order valence-electron chi connectivity index (χ3n) is 3.04. The number of aliphatic carboxylic acids is 2. The number of carbonyl (C=O) groups is 2. The van der Waals surface area contributed by atoms with Gasteiger partial charge in [0.1, 0.15) is 0 Å². The fourth-order valence-corrected chi connectivity index (χ4v) is 1.97. The van der Waals surface area contributed by atoms with Gasteiger partial charge in [0.05, 0.1) is 0 Å². The maximum Gasteiger partial charge on any atom is 0.414 e. The largest absolute Gasteiger partial charge is 0.473 e. The van der Waals surface area contributed by atoms with Crippen molar-refractivity contribution in [3.63, 3.8) is 0 Å². The molecule has 0 aliphatic heterocycles. The number of carboxylic acid groups (broad SMARTS) is 2. The molecule has 0 heterocycles. The second-order valence-electron chi connectivity index (χ2n) is 4.71. The summed E-state index contributed by atoms with van der Waals surface area (Å²) in [6.07, 6.45) is 0. The summed E-state index contributed by atoms with van der Waals surface area (Å²) in [7, 11) is 0. The van der Waals surface area contributed by atoms with Crippen molar-refractivity contribution in [2.45, 2.75) is 19.5 Å². The lowest BCUT2D eigenvalue weighted by molar-refractivity contribution is -0.159. The van der Waals surface area contributed by atoms with Crippen LogP contribution in [0.3, 0.4) is 0 Å². The fraction of sp³-hybridized carbons (Fsp3) is 0.176. The quantitative estimate of drug-likeness (QED) is 0.746. The van der Waals surface area contributed by atoms with Crippen LogP contribution in [0.1, 0.15) is 24.1 Å². The van der Waals surface area contributed by atoms with E-state index < -0.39 is 11.9 Å². The molecule has 2 rings (SSSR count). The van der Waals surface area contributed by atoms with Crippen LogP contribution in [0.25, 0.3) is 0 Å². The topological polar surface area (TPSA) is 86.6 Å². The molecule has 0 aliphatic rings. The van der Waals surface area contributed by atoms with Crippen molar-refractivity contribution in [3.05, 3.63) is 70.7 Å². The molecule has 0 radical (unpaired) electrons. The van der Waals surface area contributed by atoms with E-state index in [4.69, 9.17) is 31.4 Å². The molecular formula is C17H18ClNO4. The maximum absolute atomic E-state index is 9.10. The zero-order valence-electron chi connectivity index (χ0n) is 12.6. The van der Waals surface area contributed by atoms with Gasteiger partial charge in [0.25, 0.3) is 0 Å². The van der Waals surface area contributed by atoms with Crippen LogP contribution in [0.15, 0.2) is 54.6 Å². The normalized spacial score (nSPS) is 11.0. The van der Waals surface area contributed by atoms with Crippen molar-refractivity contribution < 1.29 is 19.8 Å². The maximum atomic E-state index is 9.10. The lowest BCUT2D eigenvalue weighted by Crippen LogP contribution is -2.18. The third-order valence-corrected chi connectivity index (χ3v) is 3.41. The molecule has 1 unspecified atom stereocenters. The van der Waals surface area contributed by atoms with Gasteiger partial charge in [-0.2, -0.15) is 0 Å². The highest BCUT2D eigenvalue weighted by Crippen LogP contribution is 2.17. The SMILES string of the molecule is CC(NCc1ccccc1Cl)c1ccccc1.O=C(O)C(=O)O. The van der Waals surface area contributed by atoms with Crippen LogP contribution in [-0.4, -0.2) is 22.2 Å². The van der Waals surface area contributed by atoms with Crippen LogP contribution in [0.5, 0.6) is 0 Å². The summed E-state index contributed by atoms with van der Waals surface area (Å²) in [5.41, 5.74) is 2.43. The predicted octanol–water partition coefficient (Wildman–Crippen LogP) is 3.35. The van der Waals surface area contributed by atoms with Crippen molar-refractivity contribution in [1.29, 1.82) is 0 Å². The molecule has 2 aromatic carbocycles. The first-order valence-corrected chi connectivity index (χ1v) is 7.27. The van der Waals surface area contributed by atoms with Crippen molar-refractivity contribution in [1.82, 2.24) is 5.32 Å². The minimum atomic E-state index is -1.82. The van der Waals surface area contributed by atoms with Crippen molar-refractivity contribution in [2.75, 3.05) is 0 Å². The Morgan fingerprint density at radius 2 is 1.52 bits per heavy atom. The zero-order chi connectivity index (χ0) is 17.2. The number of nitrogens with one attached hydrogen (secondary N) is 1. The third kappa shape index (κ3) is 6.95. The Bertz CT molecular complexity index is 634. The molecule has 0 saturated carbocycles. The van der Waals surface area contributed by atoms with Crippen LogP contribution in [0.4, 0.5) is 0 Å². The van der Waals surface area contributed by atoms with E-state index in [1.807, 2.05) is 30.3 Å². The highest BCUT2D eigenvalue weighted by molar-refractivity contribution is 6.31. The lowest BCUT2D eigenvalue weighted by atomic mass is 10.1. The summed E-state index contributed by atoms with van der Waals surface area (Å²) < 4.78 is 0. The standard InChI is InChI=1S/C15H16ClN.C2H2O4/c1-12(13-7-3-2-4-8-13)17-11-14-9-5-6-10-15(14)16;3-1(4)2(5)6/h2-10,12,17H,11H2,1H3;(H,3,4)(H,5,6). The van der Waals surface area contributed by atoms with E-state index in [9.17, 15) is 0 Å². The monoisotopic (exact) mass is 335 g/mol. The molecule has 1 atom stereocenters. The van der Waals surface area contributed by atoms with E-state index in [1.54, 1.807) is 0 Å². The molecule has 5 nitrogen and oxygen atoms in total. The Kier molecular flexibility index (Phi) is 7.80. The number of hydrogen-bond donors (Lipinski definition) is 3. The molecule has 3 N–H and O–H groups in total. The highest BCUT2D eigenvalue weighted by atomic mass is 35.5. The molecule has 0 saturated heterocycles. The first kappa shape index (κ1) is 18.7. The van der Waals surface area contributed by atoms with Gasteiger partial charge in [0.2, 0.25) is 0 Å². The molecule has 122 valence electrons. The molecule has 0 spiro atoms. The summed E-state index contributed by atoms with van der Waals surface area (Å²) in [6.45, 7) is 2.95. The molecular weight excluding hydrogens is 318 g/mol. The molecule has 0 bridgehead atoms. The van der Waals surface area contributed by atoms with Crippen molar-refractivity contribution in [2.24, 2.45) is 0 Å². The smallest absolute Gasteiger partial charge is 0.414 e. The van der Waals surface area contributed by atoms with Crippen LogP contribution in [0, 0.1) is 0 Å². The Morgan fingerprint density at radius 1 is 1.00 bits per heavy atom. The van der Waals surface area contributed by atoms with Gasteiger partial charge in [-0.25, -0.2) is 9.59 Å². The predicted molar refractivity (Wildman–Crippen MR) is 88.4 cm³/mol. The number of benzene rings is 2. The Balaban J connectivity index is 0.000000379. The van der Waals surface area contributed by atoms with Gasteiger partial charge in [-0.15, -0.1) is 0 Å². The number of rotatable bonds is 4. The first-order chi connectivity index (χ1) is 10.9. The summed E-state index contributed by atoms with van der Waals surface area (Å²) in [6, 6.07) is 18.7. The highest BCUT2D eigenvalue weighted by Gasteiger charge is 2.05. The second kappa shape index (κ2) is 9.61. The first-order valence-electron chi connectivity index (χ1n) is 6.89. The minimum absolute atomic E-state index is 0.326. The van der Waals surface area contributed by atoms with E-state index in [-0.39, 0.29) is 0 Å². The van der Waals surface area contributed by atoms with Gasteiger partial charge in [-0.05, 0) is 24.1 Å². The lowest BCUT2D eigenvalue weighted by Gasteiger charge is -2.14. The van der Waals surface area contributed by atoms with Gasteiger partial charge in [0.15, 0.2) is 0 Å². The Morgan fingerprint density at radius 3 is 2.04 bits per heavy atom. The molecule has 0 amide bonds. The van der Waals surface area contributed by atoms with E-state index in [0.29, 0.717) is 6.04 Å². The van der Waals surface area contributed by atoms with Crippen molar-refractivity contribution >= 4 is 23.5 Å². The molecule has 6 heteroatoms. The summed E-state index contributed by atoms with van der Waals surface area (Å²) >= 11 is 6.11. The van der Waals surface area contributed by atoms with E-state index in [2.05, 4.69) is 36.5 Å². The van der Waals surface area contributed by atoms with E-state index >= 15 is 0 Å². The molecule has 0 aromatic heterocycles. The van der Waals surface area contributed by atoms with E-state index in [1.165, 1.54) is 5.56 Å². The van der Waals surface area contributed by atoms with Crippen LogP contribution in [0.2, 0.25) is 5.02 Å². The van der Waals surface area contributed by atoms with Crippen molar-refractivity contribution in [3.8, 4) is 0 Å². The van der Waals surface area contributed by atoms with Crippen LogP contribution < -0.4 is 5.32 Å². The summed E-state index contributed by atoms with van der Waals surface area (Å²) in [5.74, 6) is -3.65. The zero-order valence-corrected chi connectivity index (χ0v) is 13.3. The molecule has 0 fully saturated rings. The Hall–Kier alpha value is -2.37. The molecule has 23 heavy (non-hydrogen) atoms. The van der Waals surface area contributed by atoms with Gasteiger partial charge in [0, 0.05) is 17.6 Å². The average Bonchev–Trinajstić information content (AvgIpc) is 2.55. The number of halogens is 1. The fourth-order valence-electron chi connectivity index (χ4n) is 1.76. The summed E-state index contributed by atoms with van der Waals surface area (Å²) in [5, 5.41) is 19.1. The van der Waals surface area contributed by atoms with Crippen LogP contribution in [-0.2, 0) is 16.1 Å². The number of carboxylic acids is 2. The van der Waals surface area contributed by atoms with E-state index in [0.717, 1.165) is 17.1 Å². The number of hydrogen-bond acceptors (Lipinski definition) is 3. The minimum Gasteiger partial charge on any atom is -0.473 e. The molecule has 0 aliphatic carbocycles. The Labute approximate surface area is 139 Å². The van der Waals surface area contributed by atoms with Gasteiger partial charge in [-0.1, -0.05) is 60.1 Å².